The van der Waals surface area contributed by atoms with E-state index >= 15 is 0 Å². The monoisotopic (exact) mass is 323 g/mol. The largest absolute Gasteiger partial charge is 0.303 e. The first-order valence-corrected chi connectivity index (χ1v) is 6.75. The van der Waals surface area contributed by atoms with Crippen molar-refractivity contribution in [1.82, 2.24) is 0 Å². The van der Waals surface area contributed by atoms with Crippen molar-refractivity contribution in [1.29, 1.82) is 0 Å². The van der Waals surface area contributed by atoms with Crippen molar-refractivity contribution in [2.45, 2.75) is 20.3 Å². The third-order valence-corrected chi connectivity index (χ3v) is 3.91. The molecule has 0 unspecified atom stereocenters. The maximum absolute atomic E-state index is 12.4. The highest BCUT2D eigenvalue weighted by atomic mass is 79.9. The maximum Gasteiger partial charge on any atom is 0.238 e. The Bertz CT molecular complexity index is 553. The highest BCUT2D eigenvalue weighted by Crippen LogP contribution is 2.37. The summed E-state index contributed by atoms with van der Waals surface area (Å²) in [6.07, 6.45) is 0.824. The van der Waals surface area contributed by atoms with Gasteiger partial charge in [-0.2, -0.15) is 0 Å². The molecular weight excluding hydrogens is 310 g/mol. The van der Waals surface area contributed by atoms with Crippen LogP contribution in [0.4, 0.5) is 5.69 Å². The van der Waals surface area contributed by atoms with Crippen molar-refractivity contribution in [3.8, 4) is 0 Å². The van der Waals surface area contributed by atoms with Gasteiger partial charge in [0.2, 0.25) is 11.8 Å². The fourth-order valence-electron chi connectivity index (χ4n) is 2.18. The van der Waals surface area contributed by atoms with Crippen molar-refractivity contribution >= 4 is 39.7 Å². The molecule has 0 spiro atoms. The SMILES string of the molecule is CC(C)(C=O)[C@@H]1CC(=O)N(c2cccc(Br)c2)C1=O. The molecule has 1 fully saturated rings. The molecule has 5 heteroatoms. The average molecular weight is 324 g/mol. The van der Waals surface area contributed by atoms with E-state index in [1.807, 2.05) is 6.07 Å². The zero-order valence-corrected chi connectivity index (χ0v) is 12.3. The molecule has 100 valence electrons. The van der Waals surface area contributed by atoms with E-state index in [1.54, 1.807) is 32.0 Å². The Morgan fingerprint density at radius 3 is 2.63 bits per heavy atom. The minimum atomic E-state index is -0.826. The fraction of sp³-hybridized carbons (Fsp3) is 0.357. The smallest absolute Gasteiger partial charge is 0.238 e. The Kier molecular flexibility index (Phi) is 3.58. The topological polar surface area (TPSA) is 54.5 Å². The summed E-state index contributed by atoms with van der Waals surface area (Å²) in [7, 11) is 0. The molecule has 1 atom stereocenters. The van der Waals surface area contributed by atoms with Gasteiger partial charge in [0.15, 0.2) is 0 Å². The van der Waals surface area contributed by atoms with Gasteiger partial charge in [-0.1, -0.05) is 35.8 Å². The number of aldehydes is 1. The average Bonchev–Trinajstić information content (AvgIpc) is 2.65. The van der Waals surface area contributed by atoms with Gasteiger partial charge in [-0.05, 0) is 18.2 Å². The van der Waals surface area contributed by atoms with Crippen molar-refractivity contribution < 1.29 is 14.4 Å². The number of hydrogen-bond donors (Lipinski definition) is 0. The summed E-state index contributed by atoms with van der Waals surface area (Å²) < 4.78 is 0.795. The summed E-state index contributed by atoms with van der Waals surface area (Å²) in [4.78, 5) is 36.6. The number of anilines is 1. The number of nitrogens with zero attached hydrogens (tertiary/aromatic N) is 1. The number of halogens is 1. The first-order chi connectivity index (χ1) is 8.86. The summed E-state index contributed by atoms with van der Waals surface area (Å²) in [6, 6.07) is 7.00. The van der Waals surface area contributed by atoms with Gasteiger partial charge < -0.3 is 4.79 Å². The van der Waals surface area contributed by atoms with Crippen LogP contribution in [0.2, 0.25) is 0 Å². The van der Waals surface area contributed by atoms with Crippen LogP contribution in [0.5, 0.6) is 0 Å². The number of amides is 2. The molecule has 0 aliphatic carbocycles. The molecule has 0 bridgehead atoms. The standard InChI is InChI=1S/C14H14BrNO3/c1-14(2,8-17)11-7-12(18)16(13(11)19)10-5-3-4-9(15)6-10/h3-6,8,11H,7H2,1-2H3/t11-/m1/s1. The van der Waals surface area contributed by atoms with Gasteiger partial charge in [0.05, 0.1) is 11.6 Å². The lowest BCUT2D eigenvalue weighted by Crippen LogP contribution is -2.35. The number of carbonyl (C=O) groups excluding carboxylic acids is 3. The van der Waals surface area contributed by atoms with E-state index in [-0.39, 0.29) is 18.2 Å². The minimum absolute atomic E-state index is 0.0804. The molecule has 1 aromatic carbocycles. The molecule has 19 heavy (non-hydrogen) atoms. The number of imide groups is 1. The second-order valence-corrected chi connectivity index (χ2v) is 6.16. The molecule has 1 saturated heterocycles. The molecule has 2 rings (SSSR count). The van der Waals surface area contributed by atoms with Crippen LogP contribution in [-0.2, 0) is 14.4 Å². The van der Waals surface area contributed by atoms with E-state index in [0.717, 1.165) is 10.8 Å². The van der Waals surface area contributed by atoms with E-state index in [4.69, 9.17) is 0 Å². The molecule has 2 amide bonds. The second-order valence-electron chi connectivity index (χ2n) is 5.24. The third-order valence-electron chi connectivity index (χ3n) is 3.41. The van der Waals surface area contributed by atoms with E-state index in [0.29, 0.717) is 5.69 Å². The number of benzene rings is 1. The van der Waals surface area contributed by atoms with E-state index < -0.39 is 11.3 Å². The Morgan fingerprint density at radius 1 is 1.37 bits per heavy atom. The van der Waals surface area contributed by atoms with Crippen molar-refractivity contribution in [3.05, 3.63) is 28.7 Å². The zero-order valence-electron chi connectivity index (χ0n) is 10.7. The molecule has 1 aliphatic rings. The number of carbonyl (C=O) groups is 3. The molecule has 1 heterocycles. The highest BCUT2D eigenvalue weighted by molar-refractivity contribution is 9.10. The highest BCUT2D eigenvalue weighted by Gasteiger charge is 2.47. The quantitative estimate of drug-likeness (QED) is 0.634. The summed E-state index contributed by atoms with van der Waals surface area (Å²) in [6.45, 7) is 3.36. The van der Waals surface area contributed by atoms with Gasteiger partial charge in [-0.25, -0.2) is 0 Å². The van der Waals surface area contributed by atoms with E-state index in [9.17, 15) is 14.4 Å². The van der Waals surface area contributed by atoms with E-state index in [2.05, 4.69) is 15.9 Å². The van der Waals surface area contributed by atoms with Crippen LogP contribution >= 0.6 is 15.9 Å². The van der Waals surface area contributed by atoms with Crippen molar-refractivity contribution in [3.63, 3.8) is 0 Å². The lowest BCUT2D eigenvalue weighted by molar-refractivity contribution is -0.129. The van der Waals surface area contributed by atoms with Gasteiger partial charge in [-0.3, -0.25) is 14.5 Å². The lowest BCUT2D eigenvalue weighted by atomic mass is 9.79. The maximum atomic E-state index is 12.4. The third kappa shape index (κ3) is 2.47. The van der Waals surface area contributed by atoms with Gasteiger partial charge in [0.1, 0.15) is 6.29 Å². The summed E-state index contributed by atoms with van der Waals surface area (Å²) in [5, 5.41) is 0. The van der Waals surface area contributed by atoms with Crippen LogP contribution in [0.3, 0.4) is 0 Å². The van der Waals surface area contributed by atoms with Crippen LogP contribution in [0.25, 0.3) is 0 Å². The molecule has 0 saturated carbocycles. The second kappa shape index (κ2) is 4.89. The van der Waals surface area contributed by atoms with Gasteiger partial charge >= 0.3 is 0 Å². The summed E-state index contributed by atoms with van der Waals surface area (Å²) in [5.41, 5.74) is -0.290. The van der Waals surface area contributed by atoms with Crippen LogP contribution in [0, 0.1) is 11.3 Å². The molecule has 1 aliphatic heterocycles. The number of hydrogen-bond acceptors (Lipinski definition) is 3. The first-order valence-electron chi connectivity index (χ1n) is 5.95. The Morgan fingerprint density at radius 2 is 2.05 bits per heavy atom. The van der Waals surface area contributed by atoms with Crippen molar-refractivity contribution in [2.24, 2.45) is 11.3 Å². The molecule has 0 N–H and O–H groups in total. The molecule has 0 radical (unpaired) electrons. The van der Waals surface area contributed by atoms with Crippen LogP contribution in [0.15, 0.2) is 28.7 Å². The molecular formula is C14H14BrNO3. The van der Waals surface area contributed by atoms with Gasteiger partial charge in [-0.15, -0.1) is 0 Å². The van der Waals surface area contributed by atoms with E-state index in [1.165, 1.54) is 4.90 Å². The normalized spacial score (nSPS) is 19.9. The molecule has 0 aromatic heterocycles. The van der Waals surface area contributed by atoms with Gasteiger partial charge in [0, 0.05) is 16.3 Å². The Balaban J connectivity index is 2.37. The van der Waals surface area contributed by atoms with Crippen LogP contribution < -0.4 is 4.90 Å². The zero-order chi connectivity index (χ0) is 14.2. The van der Waals surface area contributed by atoms with Crippen LogP contribution in [-0.4, -0.2) is 18.1 Å². The van der Waals surface area contributed by atoms with Gasteiger partial charge in [0.25, 0.3) is 0 Å². The first kappa shape index (κ1) is 13.9. The predicted molar refractivity (Wildman–Crippen MR) is 74.6 cm³/mol. The molecule has 1 aromatic rings. The Labute approximate surface area is 119 Å². The van der Waals surface area contributed by atoms with Crippen LogP contribution in [0.1, 0.15) is 20.3 Å². The summed E-state index contributed by atoms with van der Waals surface area (Å²) >= 11 is 3.31. The summed E-state index contributed by atoms with van der Waals surface area (Å²) in [5.74, 6) is -1.15. The van der Waals surface area contributed by atoms with Crippen molar-refractivity contribution in [2.75, 3.05) is 4.90 Å². The fourth-order valence-corrected chi connectivity index (χ4v) is 2.57. The lowest BCUT2D eigenvalue weighted by Gasteiger charge is -2.23. The molecule has 4 nitrogen and oxygen atoms in total. The number of rotatable bonds is 3. The minimum Gasteiger partial charge on any atom is -0.303 e. The Hall–Kier alpha value is -1.49. The predicted octanol–water partition coefficient (Wildman–Crippen LogP) is 2.55.